The molecule has 0 aliphatic heterocycles. The number of hydrogen-bond donors (Lipinski definition) is 1. The molecule has 1 unspecified atom stereocenters. The lowest BCUT2D eigenvalue weighted by atomic mass is 10.1. The van der Waals surface area contributed by atoms with Crippen LogP contribution in [0.15, 0.2) is 23.0 Å². The van der Waals surface area contributed by atoms with Crippen LogP contribution in [0.4, 0.5) is 13.2 Å². The first kappa shape index (κ1) is 14.8. The van der Waals surface area contributed by atoms with Crippen LogP contribution >= 0.6 is 11.6 Å². The van der Waals surface area contributed by atoms with E-state index >= 15 is 0 Å². The van der Waals surface area contributed by atoms with Crippen LogP contribution in [0.5, 0.6) is 0 Å². The van der Waals surface area contributed by atoms with E-state index in [1.54, 1.807) is 0 Å². The molecule has 108 valence electrons. The normalized spacial score (nSPS) is 13.7. The highest BCUT2D eigenvalue weighted by Crippen LogP contribution is 2.30. The Balaban J connectivity index is 2.67. The maximum atomic E-state index is 12.6. The monoisotopic (exact) mass is 306 g/mol. The summed E-state index contributed by atoms with van der Waals surface area (Å²) in [6.07, 6.45) is -5.35. The fourth-order valence-corrected chi connectivity index (χ4v) is 2.03. The third kappa shape index (κ3) is 2.78. The van der Waals surface area contributed by atoms with Crippen molar-refractivity contribution in [2.45, 2.75) is 25.7 Å². The van der Waals surface area contributed by atoms with Gasteiger partial charge in [-0.05, 0) is 36.7 Å². The molecule has 0 fully saturated rings. The lowest BCUT2D eigenvalue weighted by molar-refractivity contribution is -0.137. The fourth-order valence-electron chi connectivity index (χ4n) is 1.79. The molecule has 1 aromatic heterocycles. The van der Waals surface area contributed by atoms with Crippen LogP contribution < -0.4 is 5.56 Å². The molecule has 4 nitrogen and oxygen atoms in total. The summed E-state index contributed by atoms with van der Waals surface area (Å²) < 4.78 is 38.8. The predicted molar refractivity (Wildman–Crippen MR) is 67.7 cm³/mol. The van der Waals surface area contributed by atoms with Crippen LogP contribution in [0, 0.1) is 0 Å². The Hall–Kier alpha value is -1.60. The molecule has 0 aliphatic carbocycles. The van der Waals surface area contributed by atoms with E-state index in [-0.39, 0.29) is 22.7 Å². The fraction of sp³-hybridized carbons (Fsp3) is 0.333. The molecule has 1 atom stereocenters. The number of nitrogens with zero attached hydrogens (tertiary/aromatic N) is 2. The highest BCUT2D eigenvalue weighted by Gasteiger charge is 2.31. The average molecular weight is 307 g/mol. The van der Waals surface area contributed by atoms with Crippen LogP contribution in [-0.2, 0) is 12.7 Å². The molecule has 0 aliphatic rings. The maximum absolute atomic E-state index is 12.6. The summed E-state index contributed by atoms with van der Waals surface area (Å²) in [4.78, 5) is 15.9. The number of alkyl halides is 3. The summed E-state index contributed by atoms with van der Waals surface area (Å²) in [5, 5.41) is 9.04. The maximum Gasteiger partial charge on any atom is 0.416 e. The van der Waals surface area contributed by atoms with Crippen molar-refractivity contribution >= 4 is 22.5 Å². The molecule has 0 spiro atoms. The van der Waals surface area contributed by atoms with E-state index in [1.165, 1.54) is 6.92 Å². The largest absolute Gasteiger partial charge is 0.416 e. The van der Waals surface area contributed by atoms with Crippen molar-refractivity contribution in [2.24, 2.45) is 0 Å². The first-order chi connectivity index (χ1) is 9.20. The summed E-state index contributed by atoms with van der Waals surface area (Å²) >= 11 is 5.78. The van der Waals surface area contributed by atoms with Crippen molar-refractivity contribution in [2.75, 3.05) is 0 Å². The average Bonchev–Trinajstić information content (AvgIpc) is 2.32. The van der Waals surface area contributed by atoms with Crippen molar-refractivity contribution in [1.29, 1.82) is 0 Å². The SMILES string of the molecule is CC(O)Cn1c(Cl)nc2cc(C(F)(F)F)ccc2c1=O. The van der Waals surface area contributed by atoms with Gasteiger partial charge < -0.3 is 5.11 Å². The Labute approximate surface area is 116 Å². The van der Waals surface area contributed by atoms with Gasteiger partial charge >= 0.3 is 6.18 Å². The van der Waals surface area contributed by atoms with E-state index < -0.39 is 23.4 Å². The van der Waals surface area contributed by atoms with Gasteiger partial charge in [0.15, 0.2) is 0 Å². The molecule has 8 heteroatoms. The van der Waals surface area contributed by atoms with Gasteiger partial charge in [0.1, 0.15) is 0 Å². The van der Waals surface area contributed by atoms with E-state index in [0.717, 1.165) is 22.8 Å². The topological polar surface area (TPSA) is 55.1 Å². The van der Waals surface area contributed by atoms with Gasteiger partial charge in [-0.25, -0.2) is 4.98 Å². The van der Waals surface area contributed by atoms with Gasteiger partial charge in [0.25, 0.3) is 5.56 Å². The van der Waals surface area contributed by atoms with Crippen molar-refractivity contribution < 1.29 is 18.3 Å². The molecule has 0 radical (unpaired) electrons. The zero-order valence-electron chi connectivity index (χ0n) is 10.3. The lowest BCUT2D eigenvalue weighted by Crippen LogP contribution is -2.27. The van der Waals surface area contributed by atoms with E-state index in [1.807, 2.05) is 0 Å². The van der Waals surface area contributed by atoms with Crippen molar-refractivity contribution in [3.8, 4) is 0 Å². The number of aliphatic hydroxyl groups excluding tert-OH is 1. The number of aliphatic hydroxyl groups is 1. The Bertz CT molecular complexity index is 710. The predicted octanol–water partition coefficient (Wildman–Crippen LogP) is 2.45. The minimum absolute atomic E-state index is 0.0167. The van der Waals surface area contributed by atoms with Crippen molar-refractivity contribution in [1.82, 2.24) is 9.55 Å². The van der Waals surface area contributed by atoms with Crippen LogP contribution in [-0.4, -0.2) is 20.8 Å². The number of hydrogen-bond acceptors (Lipinski definition) is 3. The standard InChI is InChI=1S/C12H10ClF3N2O2/c1-6(19)5-18-10(20)8-3-2-7(12(14,15)16)4-9(8)17-11(18)13/h2-4,6,19H,5H2,1H3. The minimum Gasteiger partial charge on any atom is -0.392 e. The quantitative estimate of drug-likeness (QED) is 0.867. The van der Waals surface area contributed by atoms with Gasteiger partial charge in [-0.3, -0.25) is 9.36 Å². The molecule has 20 heavy (non-hydrogen) atoms. The number of fused-ring (bicyclic) bond motifs is 1. The Morgan fingerprint density at radius 1 is 1.45 bits per heavy atom. The minimum atomic E-state index is -4.52. The molecule has 1 N–H and O–H groups in total. The summed E-state index contributed by atoms with van der Waals surface area (Å²) in [5.41, 5.74) is -1.62. The first-order valence-corrected chi connectivity index (χ1v) is 6.03. The lowest BCUT2D eigenvalue weighted by Gasteiger charge is -2.12. The third-order valence-corrected chi connectivity index (χ3v) is 2.97. The second-order valence-corrected chi connectivity index (χ2v) is 4.71. The van der Waals surface area contributed by atoms with Crippen LogP contribution in [0.3, 0.4) is 0 Å². The summed E-state index contributed by atoms with van der Waals surface area (Å²) in [7, 11) is 0. The molecule has 1 aromatic carbocycles. The third-order valence-electron chi connectivity index (χ3n) is 2.68. The zero-order chi connectivity index (χ0) is 15.1. The Kier molecular flexibility index (Phi) is 3.75. The number of aromatic nitrogens is 2. The van der Waals surface area contributed by atoms with Crippen LogP contribution in [0.25, 0.3) is 10.9 Å². The van der Waals surface area contributed by atoms with Gasteiger partial charge in [0.2, 0.25) is 5.28 Å². The van der Waals surface area contributed by atoms with Crippen LogP contribution in [0.1, 0.15) is 12.5 Å². The number of halogens is 4. The van der Waals surface area contributed by atoms with E-state index in [9.17, 15) is 23.1 Å². The van der Waals surface area contributed by atoms with Gasteiger partial charge in [-0.2, -0.15) is 13.2 Å². The second-order valence-electron chi connectivity index (χ2n) is 4.38. The highest BCUT2D eigenvalue weighted by atomic mass is 35.5. The summed E-state index contributed by atoms with van der Waals surface area (Å²) in [6.45, 7) is 1.38. The van der Waals surface area contributed by atoms with Crippen molar-refractivity contribution in [3.05, 3.63) is 39.4 Å². The molecule has 2 rings (SSSR count). The molecule has 1 heterocycles. The summed E-state index contributed by atoms with van der Waals surface area (Å²) in [6, 6.07) is 2.64. The molecule has 0 saturated carbocycles. The first-order valence-electron chi connectivity index (χ1n) is 5.65. The number of rotatable bonds is 2. The van der Waals surface area contributed by atoms with Gasteiger partial charge in [-0.15, -0.1) is 0 Å². The van der Waals surface area contributed by atoms with E-state index in [2.05, 4.69) is 4.98 Å². The van der Waals surface area contributed by atoms with E-state index in [0.29, 0.717) is 0 Å². The Morgan fingerprint density at radius 2 is 2.10 bits per heavy atom. The van der Waals surface area contributed by atoms with Gasteiger partial charge in [0, 0.05) is 0 Å². The smallest absolute Gasteiger partial charge is 0.392 e. The molecule has 0 saturated heterocycles. The second kappa shape index (κ2) is 5.06. The van der Waals surface area contributed by atoms with Crippen molar-refractivity contribution in [3.63, 3.8) is 0 Å². The van der Waals surface area contributed by atoms with Gasteiger partial charge in [-0.1, -0.05) is 0 Å². The molecular formula is C12H10ClF3N2O2. The Morgan fingerprint density at radius 3 is 2.65 bits per heavy atom. The molecule has 0 bridgehead atoms. The summed E-state index contributed by atoms with van der Waals surface area (Å²) in [5.74, 6) is 0. The number of benzene rings is 1. The van der Waals surface area contributed by atoms with Gasteiger partial charge in [0.05, 0.1) is 29.1 Å². The highest BCUT2D eigenvalue weighted by molar-refractivity contribution is 6.28. The van der Waals surface area contributed by atoms with E-state index in [4.69, 9.17) is 11.6 Å². The molecule has 0 amide bonds. The molecular weight excluding hydrogens is 297 g/mol. The zero-order valence-corrected chi connectivity index (χ0v) is 11.0. The van der Waals surface area contributed by atoms with Crippen LogP contribution in [0.2, 0.25) is 5.28 Å². The molecule has 2 aromatic rings.